The van der Waals surface area contributed by atoms with E-state index in [9.17, 15) is 0 Å². The van der Waals surface area contributed by atoms with Crippen LogP contribution in [0, 0.1) is 0 Å². The molecular weight excluding hydrogens is 1090 g/mol. The van der Waals surface area contributed by atoms with E-state index in [0.29, 0.717) is 0 Å². The van der Waals surface area contributed by atoms with Crippen molar-refractivity contribution in [3.63, 3.8) is 0 Å². The molecule has 0 saturated carbocycles. The van der Waals surface area contributed by atoms with Crippen molar-refractivity contribution in [2.75, 3.05) is 0 Å². The molecule has 2 aromatic heterocycles. The predicted octanol–water partition coefficient (Wildman–Crippen LogP) is 16.7. The lowest BCUT2D eigenvalue weighted by Crippen LogP contribution is -2.41. The smallest absolute Gasteiger partial charge is 0.405 e. The molecule has 0 N–H and O–H groups in total. The molecule has 3 saturated heterocycles. The van der Waals surface area contributed by atoms with E-state index in [1.165, 1.54) is 5.56 Å². The van der Waals surface area contributed by atoms with Gasteiger partial charge < -0.3 is 27.9 Å². The van der Waals surface area contributed by atoms with Crippen molar-refractivity contribution in [2.24, 2.45) is 0 Å². The Kier molecular flexibility index (Phi) is 16.4. The fraction of sp³-hybridized carbons (Fsp3) is 0.275. The third-order valence-corrected chi connectivity index (χ3v) is 17.6. The highest BCUT2D eigenvalue weighted by molar-refractivity contribution is 9.10. The summed E-state index contributed by atoms with van der Waals surface area (Å²) in [4.78, 5) is 10.1. The van der Waals surface area contributed by atoms with Crippen molar-refractivity contribution in [3.05, 3.63) is 211 Å². The number of rotatable bonds is 8. The molecule has 8 aromatic carbocycles. The maximum Gasteiger partial charge on any atom is 0.494 e. The molecule has 3 aliphatic rings. The van der Waals surface area contributed by atoms with Gasteiger partial charge in [-0.15, -0.1) is 0 Å². The second-order valence-corrected chi connectivity index (χ2v) is 25.2. The molecule has 0 spiro atoms. The van der Waals surface area contributed by atoms with Gasteiger partial charge in [0.15, 0.2) is 0 Å². The molecule has 83 heavy (non-hydrogen) atoms. The number of para-hydroxylation sites is 2. The van der Waals surface area contributed by atoms with Gasteiger partial charge >= 0.3 is 21.1 Å². The van der Waals surface area contributed by atoms with Crippen molar-refractivity contribution in [1.29, 1.82) is 0 Å². The molecule has 0 bridgehead atoms. The van der Waals surface area contributed by atoms with Crippen LogP contribution in [0.3, 0.4) is 0 Å². The Labute approximate surface area is 500 Å². The van der Waals surface area contributed by atoms with Gasteiger partial charge in [0.2, 0.25) is 0 Å². The zero-order valence-corrected chi connectivity index (χ0v) is 50.6. The normalized spacial score (nSPS) is 17.8. The van der Waals surface area contributed by atoms with E-state index in [1.54, 1.807) is 0 Å². The summed E-state index contributed by atoms with van der Waals surface area (Å²) in [6.07, 6.45) is 0. The van der Waals surface area contributed by atoms with Gasteiger partial charge in [-0.25, -0.2) is 9.97 Å². The van der Waals surface area contributed by atoms with Gasteiger partial charge in [-0.05, 0) is 171 Å². The minimum Gasteiger partial charge on any atom is -0.405 e. The standard InChI is InChI=1S/C31H29BN2O2.C25H17BrN2.C12H24B2O4.CH4/c1-30(2)31(3,4)36-32(35-30)25-18-15-22(16-19-25)24-17-20-28-27(21-24)33-29(23-11-7-5-8-12-23)34(28)26-13-9-6-10-14-26;26-21-14-11-18(12-15-21)20-13-16-24-23(17-20)27-25(19-7-3-1-4-8-19)28(24)22-9-5-2-6-10-22;1-9(2)10(3,4)16-13(15-9)14-17-11(5,6)12(7,8)18-14;/h5-21H,1-4H3;1-17H;1-8H3;1H4. The maximum atomic E-state index is 6.22. The van der Waals surface area contributed by atoms with Crippen LogP contribution in [0.15, 0.2) is 211 Å². The van der Waals surface area contributed by atoms with E-state index in [1.807, 2.05) is 79.7 Å². The predicted molar refractivity (Wildman–Crippen MR) is 346 cm³/mol. The molecule has 0 amide bonds. The largest absolute Gasteiger partial charge is 0.494 e. The van der Waals surface area contributed by atoms with Gasteiger partial charge in [0.1, 0.15) is 11.6 Å². The number of aromatic nitrogens is 4. The summed E-state index contributed by atoms with van der Waals surface area (Å²) in [5.74, 6) is 1.89. The molecule has 0 unspecified atom stereocenters. The number of imidazole rings is 2. The molecule has 13 rings (SSSR count). The van der Waals surface area contributed by atoms with Gasteiger partial charge in [0, 0.05) is 27.0 Å². The highest BCUT2D eigenvalue weighted by atomic mass is 79.9. The first-order chi connectivity index (χ1) is 39.0. The summed E-state index contributed by atoms with van der Waals surface area (Å²) >= 11 is 3.51. The van der Waals surface area contributed by atoms with E-state index >= 15 is 0 Å². The Morgan fingerprint density at radius 2 is 0.639 bits per heavy atom. The van der Waals surface area contributed by atoms with Crippen LogP contribution in [0.1, 0.15) is 90.5 Å². The van der Waals surface area contributed by atoms with Crippen molar-refractivity contribution < 1.29 is 27.9 Å². The third kappa shape index (κ3) is 11.9. The molecule has 5 heterocycles. The van der Waals surface area contributed by atoms with Gasteiger partial charge in [0.05, 0.1) is 55.7 Å². The second-order valence-electron chi connectivity index (χ2n) is 24.3. The monoisotopic (exact) mass is 1170 g/mol. The lowest BCUT2D eigenvalue weighted by Gasteiger charge is -2.32. The molecular formula is C69H74B3BrN4O6. The van der Waals surface area contributed by atoms with Crippen LogP contribution in [-0.2, 0) is 27.9 Å². The topological polar surface area (TPSA) is 91.0 Å². The van der Waals surface area contributed by atoms with Gasteiger partial charge in [-0.1, -0.05) is 169 Å². The molecule has 10 nitrogen and oxygen atoms in total. The average Bonchev–Trinajstić information content (AvgIpc) is 3.39. The summed E-state index contributed by atoms with van der Waals surface area (Å²) < 4.78 is 41.8. The Morgan fingerprint density at radius 1 is 0.337 bits per heavy atom. The summed E-state index contributed by atoms with van der Waals surface area (Å²) in [6, 6.07) is 71.4. The SMILES string of the molecule is Brc1ccc(-c2ccc3c(c2)nc(-c2ccccc2)n3-c2ccccc2)cc1.C.CC1(C)OB(B2OC(C)(C)C(C)(C)O2)OC1(C)C.CC1(C)OB(c2ccc(-c3ccc4c(c3)nc(-c3ccccc3)n4-c3ccccc3)cc2)OC1(C)C. The molecule has 14 heteroatoms. The van der Waals surface area contributed by atoms with E-state index in [2.05, 4.69) is 235 Å². The van der Waals surface area contributed by atoms with Crippen LogP contribution in [0.4, 0.5) is 0 Å². The molecule has 0 aliphatic carbocycles. The first kappa shape index (κ1) is 59.3. The Balaban J connectivity index is 0.000000146. The highest BCUT2D eigenvalue weighted by Crippen LogP contribution is 2.44. The van der Waals surface area contributed by atoms with Crippen molar-refractivity contribution in [3.8, 4) is 56.4 Å². The number of hydrogen-bond acceptors (Lipinski definition) is 8. The summed E-state index contributed by atoms with van der Waals surface area (Å²) in [6.45, 7) is 24.5. The van der Waals surface area contributed by atoms with Crippen molar-refractivity contribution >= 4 is 64.6 Å². The summed E-state index contributed by atoms with van der Waals surface area (Å²) in [5, 5.41) is 0. The van der Waals surface area contributed by atoms with Gasteiger partial charge in [-0.3, -0.25) is 9.13 Å². The quantitative estimate of drug-likeness (QED) is 0.139. The number of nitrogens with zero attached hydrogens (tertiary/aromatic N) is 4. The highest BCUT2D eigenvalue weighted by Gasteiger charge is 2.63. The van der Waals surface area contributed by atoms with E-state index in [0.717, 1.165) is 82.8 Å². The number of benzene rings is 8. The Hall–Kier alpha value is -6.87. The average molecular weight is 1170 g/mol. The lowest BCUT2D eigenvalue weighted by atomic mass is 9.49. The third-order valence-electron chi connectivity index (χ3n) is 17.1. The Bertz CT molecular complexity index is 3770. The van der Waals surface area contributed by atoms with E-state index in [-0.39, 0.29) is 48.2 Å². The second kappa shape index (κ2) is 23.0. The van der Waals surface area contributed by atoms with Crippen LogP contribution >= 0.6 is 15.9 Å². The van der Waals surface area contributed by atoms with Crippen molar-refractivity contribution in [1.82, 2.24) is 19.1 Å². The maximum absolute atomic E-state index is 6.22. The van der Waals surface area contributed by atoms with E-state index < -0.39 is 14.0 Å². The molecule has 0 radical (unpaired) electrons. The first-order valence-electron chi connectivity index (χ1n) is 28.2. The Morgan fingerprint density at radius 3 is 0.988 bits per heavy atom. The summed E-state index contributed by atoms with van der Waals surface area (Å²) in [7, 11) is -1.31. The van der Waals surface area contributed by atoms with Crippen LogP contribution in [0.5, 0.6) is 0 Å². The minimum absolute atomic E-state index is 0. The fourth-order valence-electron chi connectivity index (χ4n) is 10.2. The fourth-order valence-corrected chi connectivity index (χ4v) is 10.5. The zero-order chi connectivity index (χ0) is 57.8. The molecule has 10 aromatic rings. The van der Waals surface area contributed by atoms with Crippen LogP contribution in [-0.4, -0.2) is 73.8 Å². The number of fused-ring (bicyclic) bond motifs is 2. The van der Waals surface area contributed by atoms with Gasteiger partial charge in [-0.2, -0.15) is 0 Å². The number of hydrogen-bond donors (Lipinski definition) is 0. The molecule has 3 fully saturated rings. The molecule has 0 atom stereocenters. The van der Waals surface area contributed by atoms with Gasteiger partial charge in [0.25, 0.3) is 0 Å². The molecule has 3 aliphatic heterocycles. The van der Waals surface area contributed by atoms with E-state index in [4.69, 9.17) is 37.9 Å². The lowest BCUT2D eigenvalue weighted by molar-refractivity contribution is 0.00578. The van der Waals surface area contributed by atoms with Crippen molar-refractivity contribution in [2.45, 2.75) is 124 Å². The first-order valence-corrected chi connectivity index (χ1v) is 29.0. The minimum atomic E-state index is -0.476. The number of halogens is 1. The van der Waals surface area contributed by atoms with Crippen LogP contribution < -0.4 is 5.46 Å². The molecule has 422 valence electrons. The van der Waals surface area contributed by atoms with Crippen LogP contribution in [0.2, 0.25) is 0 Å². The zero-order valence-electron chi connectivity index (χ0n) is 49.0. The van der Waals surface area contributed by atoms with Crippen LogP contribution in [0.25, 0.3) is 78.5 Å². The summed E-state index contributed by atoms with van der Waals surface area (Å²) in [5.41, 5.74) is 12.0.